The molecule has 1 aromatic rings. The van der Waals surface area contributed by atoms with Crippen LogP contribution in [0, 0.1) is 0 Å². The molecule has 20 heavy (non-hydrogen) atoms. The first kappa shape index (κ1) is 19.4. The third-order valence-electron chi connectivity index (χ3n) is 2.92. The Bertz CT molecular complexity index is 400. The normalized spacial score (nSPS) is 11.7. The zero-order valence-corrected chi connectivity index (χ0v) is 14.2. The van der Waals surface area contributed by atoms with Gasteiger partial charge in [-0.15, -0.1) is 12.4 Å². The summed E-state index contributed by atoms with van der Waals surface area (Å²) < 4.78 is 11.2. The van der Waals surface area contributed by atoms with Crippen LogP contribution in [0.3, 0.4) is 0 Å². The van der Waals surface area contributed by atoms with Crippen molar-refractivity contribution < 1.29 is 9.47 Å². The molecule has 0 amide bonds. The second kappa shape index (κ2) is 10.1. The average Bonchev–Trinajstić information content (AvgIpc) is 2.40. The van der Waals surface area contributed by atoms with Gasteiger partial charge >= 0.3 is 0 Å². The highest BCUT2D eigenvalue weighted by molar-refractivity contribution is 6.32. The Balaban J connectivity index is 0.00000361. The van der Waals surface area contributed by atoms with Gasteiger partial charge in [-0.05, 0) is 44.9 Å². The van der Waals surface area contributed by atoms with E-state index in [0.29, 0.717) is 30.0 Å². The fourth-order valence-corrected chi connectivity index (χ4v) is 2.00. The third kappa shape index (κ3) is 5.78. The lowest BCUT2D eigenvalue weighted by molar-refractivity contribution is 0.287. The maximum Gasteiger partial charge on any atom is 0.179 e. The van der Waals surface area contributed by atoms with Crippen LogP contribution in [0.2, 0.25) is 5.02 Å². The van der Waals surface area contributed by atoms with Crippen LogP contribution in [0.15, 0.2) is 12.1 Å². The Hall–Kier alpha value is -0.640. The topological polar surface area (TPSA) is 30.5 Å². The fourth-order valence-electron chi connectivity index (χ4n) is 1.71. The van der Waals surface area contributed by atoms with E-state index in [0.717, 1.165) is 24.3 Å². The Kier molecular flexibility index (Phi) is 9.82. The molecule has 116 valence electrons. The minimum absolute atomic E-state index is 0. The standard InChI is InChI=1S/C15H24ClNO2.ClH/c1-5-11(4)17-10-12-8-13(16)15(19-7-3)14(9-12)18-6-2;/h8-9,11,17H,5-7,10H2,1-4H3;1H. The number of rotatable bonds is 8. The molecular formula is C15H25Cl2NO2. The Labute approximate surface area is 133 Å². The van der Waals surface area contributed by atoms with Crippen molar-refractivity contribution in [3.8, 4) is 11.5 Å². The molecule has 1 rings (SSSR count). The lowest BCUT2D eigenvalue weighted by atomic mass is 10.1. The molecule has 3 nitrogen and oxygen atoms in total. The third-order valence-corrected chi connectivity index (χ3v) is 3.21. The molecule has 1 atom stereocenters. The van der Waals surface area contributed by atoms with Gasteiger partial charge in [-0.25, -0.2) is 0 Å². The monoisotopic (exact) mass is 321 g/mol. The highest BCUT2D eigenvalue weighted by Gasteiger charge is 2.12. The summed E-state index contributed by atoms with van der Waals surface area (Å²) in [7, 11) is 0. The van der Waals surface area contributed by atoms with E-state index in [4.69, 9.17) is 21.1 Å². The highest BCUT2D eigenvalue weighted by atomic mass is 35.5. The van der Waals surface area contributed by atoms with E-state index in [1.807, 2.05) is 26.0 Å². The van der Waals surface area contributed by atoms with Crippen LogP contribution in [0.5, 0.6) is 11.5 Å². The Morgan fingerprint density at radius 3 is 2.35 bits per heavy atom. The van der Waals surface area contributed by atoms with Crippen LogP contribution in [-0.2, 0) is 6.54 Å². The SMILES string of the molecule is CCOc1cc(CNC(C)CC)cc(Cl)c1OCC.Cl. The second-order valence-electron chi connectivity index (χ2n) is 4.46. The molecule has 0 spiro atoms. The molecule has 0 aliphatic carbocycles. The molecule has 0 saturated carbocycles. The van der Waals surface area contributed by atoms with E-state index >= 15 is 0 Å². The summed E-state index contributed by atoms with van der Waals surface area (Å²) in [4.78, 5) is 0. The summed E-state index contributed by atoms with van der Waals surface area (Å²) in [5, 5.41) is 4.05. The molecule has 0 bridgehead atoms. The highest BCUT2D eigenvalue weighted by Crippen LogP contribution is 2.36. The number of halogens is 2. The predicted molar refractivity (Wildman–Crippen MR) is 87.6 cm³/mol. The summed E-state index contributed by atoms with van der Waals surface area (Å²) in [6.45, 7) is 10.2. The summed E-state index contributed by atoms with van der Waals surface area (Å²) in [5.74, 6) is 1.36. The molecule has 1 unspecified atom stereocenters. The Morgan fingerprint density at radius 1 is 1.15 bits per heavy atom. The average molecular weight is 322 g/mol. The fraction of sp³-hybridized carbons (Fsp3) is 0.600. The smallest absolute Gasteiger partial charge is 0.179 e. The van der Waals surface area contributed by atoms with Crippen molar-refractivity contribution in [2.75, 3.05) is 13.2 Å². The van der Waals surface area contributed by atoms with Gasteiger partial charge in [0.2, 0.25) is 0 Å². The van der Waals surface area contributed by atoms with Crippen molar-refractivity contribution in [3.63, 3.8) is 0 Å². The van der Waals surface area contributed by atoms with E-state index in [1.165, 1.54) is 0 Å². The van der Waals surface area contributed by atoms with Crippen LogP contribution in [-0.4, -0.2) is 19.3 Å². The minimum Gasteiger partial charge on any atom is -0.490 e. The van der Waals surface area contributed by atoms with Gasteiger partial charge in [-0.2, -0.15) is 0 Å². The van der Waals surface area contributed by atoms with Gasteiger partial charge in [-0.1, -0.05) is 18.5 Å². The summed E-state index contributed by atoms with van der Waals surface area (Å²) in [6, 6.07) is 4.42. The summed E-state index contributed by atoms with van der Waals surface area (Å²) >= 11 is 6.27. The zero-order valence-electron chi connectivity index (χ0n) is 12.7. The van der Waals surface area contributed by atoms with Crippen molar-refractivity contribution in [3.05, 3.63) is 22.7 Å². The molecule has 1 N–H and O–H groups in total. The first-order valence-corrected chi connectivity index (χ1v) is 7.31. The summed E-state index contributed by atoms with van der Waals surface area (Å²) in [6.07, 6.45) is 1.10. The number of hydrogen-bond donors (Lipinski definition) is 1. The van der Waals surface area contributed by atoms with Crippen LogP contribution in [0.25, 0.3) is 0 Å². The van der Waals surface area contributed by atoms with Gasteiger partial charge in [0.05, 0.1) is 18.2 Å². The molecule has 1 aromatic carbocycles. The Morgan fingerprint density at radius 2 is 1.80 bits per heavy atom. The van der Waals surface area contributed by atoms with Crippen LogP contribution in [0.1, 0.15) is 39.7 Å². The van der Waals surface area contributed by atoms with Crippen molar-refractivity contribution >= 4 is 24.0 Å². The lowest BCUT2D eigenvalue weighted by Crippen LogP contribution is -2.24. The molecule has 0 saturated heterocycles. The van der Waals surface area contributed by atoms with E-state index in [1.54, 1.807) is 0 Å². The maximum atomic E-state index is 6.27. The van der Waals surface area contributed by atoms with Gasteiger partial charge in [0.25, 0.3) is 0 Å². The number of ether oxygens (including phenoxy) is 2. The van der Waals surface area contributed by atoms with Crippen LogP contribution < -0.4 is 14.8 Å². The van der Waals surface area contributed by atoms with Crippen molar-refractivity contribution in [2.24, 2.45) is 0 Å². The van der Waals surface area contributed by atoms with E-state index in [9.17, 15) is 0 Å². The van der Waals surface area contributed by atoms with Crippen LogP contribution >= 0.6 is 24.0 Å². The lowest BCUT2D eigenvalue weighted by Gasteiger charge is -2.16. The zero-order chi connectivity index (χ0) is 14.3. The molecule has 0 aromatic heterocycles. The van der Waals surface area contributed by atoms with Crippen molar-refractivity contribution in [1.29, 1.82) is 0 Å². The van der Waals surface area contributed by atoms with Gasteiger partial charge < -0.3 is 14.8 Å². The van der Waals surface area contributed by atoms with Gasteiger partial charge in [0.15, 0.2) is 11.5 Å². The molecular weight excluding hydrogens is 297 g/mol. The number of benzene rings is 1. The molecule has 0 aliphatic rings. The molecule has 0 heterocycles. The van der Waals surface area contributed by atoms with E-state index < -0.39 is 0 Å². The van der Waals surface area contributed by atoms with Gasteiger partial charge in [0, 0.05) is 12.6 Å². The molecule has 0 fully saturated rings. The first-order chi connectivity index (χ1) is 9.12. The van der Waals surface area contributed by atoms with Gasteiger partial charge in [0.1, 0.15) is 0 Å². The quantitative estimate of drug-likeness (QED) is 0.767. The molecule has 5 heteroatoms. The number of nitrogens with one attached hydrogen (secondary N) is 1. The summed E-state index contributed by atoms with van der Waals surface area (Å²) in [5.41, 5.74) is 1.11. The maximum absolute atomic E-state index is 6.27. The van der Waals surface area contributed by atoms with Crippen LogP contribution in [0.4, 0.5) is 0 Å². The van der Waals surface area contributed by atoms with Crippen molar-refractivity contribution in [1.82, 2.24) is 5.32 Å². The molecule has 0 radical (unpaired) electrons. The van der Waals surface area contributed by atoms with Crippen molar-refractivity contribution in [2.45, 2.75) is 46.7 Å². The van der Waals surface area contributed by atoms with E-state index in [-0.39, 0.29) is 12.4 Å². The minimum atomic E-state index is 0. The molecule has 0 aliphatic heterocycles. The van der Waals surface area contributed by atoms with E-state index in [2.05, 4.69) is 19.2 Å². The van der Waals surface area contributed by atoms with Gasteiger partial charge in [-0.3, -0.25) is 0 Å². The second-order valence-corrected chi connectivity index (χ2v) is 4.87. The number of hydrogen-bond acceptors (Lipinski definition) is 3. The predicted octanol–water partition coefficient (Wildman–Crippen LogP) is 4.45. The first-order valence-electron chi connectivity index (χ1n) is 6.93. The largest absolute Gasteiger partial charge is 0.490 e.